The summed E-state index contributed by atoms with van der Waals surface area (Å²) >= 11 is 0. The van der Waals surface area contributed by atoms with Gasteiger partial charge in [0.2, 0.25) is 10.0 Å². The number of alkyl carbamates (subject to hydrolysis) is 1. The lowest BCUT2D eigenvalue weighted by atomic mass is 10.2. The van der Waals surface area contributed by atoms with Crippen molar-refractivity contribution in [2.45, 2.75) is 31.3 Å². The summed E-state index contributed by atoms with van der Waals surface area (Å²) in [6.07, 6.45) is 0.643. The highest BCUT2D eigenvalue weighted by molar-refractivity contribution is 7.89. The molecule has 1 aromatic rings. The topological polar surface area (TPSA) is 163 Å². The number of rotatable bonds is 7. The first-order chi connectivity index (χ1) is 12.9. The molecular formula is C17H23N5O5S. The molecule has 1 rings (SSSR count). The number of carbonyl (C=O) groups is 2. The van der Waals surface area contributed by atoms with Crippen LogP contribution >= 0.6 is 0 Å². The van der Waals surface area contributed by atoms with Gasteiger partial charge in [-0.25, -0.2) is 18.4 Å². The predicted molar refractivity (Wildman–Crippen MR) is 102 cm³/mol. The van der Waals surface area contributed by atoms with Crippen molar-refractivity contribution in [1.82, 2.24) is 10.6 Å². The standard InChI is InChI=1S/C17H23N5O5S/c1-17(2,3)27-16(24)21-9-8-20-11-12(10-18)15(23)22-13-4-6-14(7-5-13)28(19,25)26/h4-7,11,20H,8-9H2,1-3H3,(H,21,24)(H,22,23)(H2,19,25,26)/b12-11-. The Kier molecular flexibility index (Phi) is 7.97. The summed E-state index contributed by atoms with van der Waals surface area (Å²) in [5.74, 6) is -0.682. The van der Waals surface area contributed by atoms with E-state index in [2.05, 4.69) is 16.0 Å². The lowest BCUT2D eigenvalue weighted by molar-refractivity contribution is -0.112. The first-order valence-electron chi connectivity index (χ1n) is 8.17. The van der Waals surface area contributed by atoms with E-state index in [0.717, 1.165) is 0 Å². The number of nitrogens with two attached hydrogens (primary N) is 1. The number of primary sulfonamides is 1. The van der Waals surface area contributed by atoms with Crippen LogP contribution in [-0.2, 0) is 19.6 Å². The van der Waals surface area contributed by atoms with E-state index in [1.165, 1.54) is 30.5 Å². The Labute approximate surface area is 163 Å². The smallest absolute Gasteiger partial charge is 0.407 e. The van der Waals surface area contributed by atoms with Crippen molar-refractivity contribution in [3.05, 3.63) is 36.0 Å². The van der Waals surface area contributed by atoms with E-state index in [0.29, 0.717) is 5.69 Å². The summed E-state index contributed by atoms with van der Waals surface area (Å²) < 4.78 is 27.5. The SMILES string of the molecule is CC(C)(C)OC(=O)NCCN/C=C(/C#N)C(=O)Nc1ccc(S(N)(=O)=O)cc1. The lowest BCUT2D eigenvalue weighted by Crippen LogP contribution is -2.35. The van der Waals surface area contributed by atoms with Gasteiger partial charge < -0.3 is 20.7 Å². The monoisotopic (exact) mass is 409 g/mol. The Morgan fingerprint density at radius 2 is 1.82 bits per heavy atom. The molecule has 2 amide bonds. The third-order valence-electron chi connectivity index (χ3n) is 2.99. The molecule has 0 heterocycles. The molecule has 0 spiro atoms. The van der Waals surface area contributed by atoms with Gasteiger partial charge in [0, 0.05) is 25.0 Å². The summed E-state index contributed by atoms with van der Waals surface area (Å²) in [6, 6.07) is 6.93. The van der Waals surface area contributed by atoms with Crippen LogP contribution in [-0.4, -0.2) is 39.1 Å². The van der Waals surface area contributed by atoms with Crippen LogP contribution in [0.25, 0.3) is 0 Å². The van der Waals surface area contributed by atoms with E-state index in [-0.39, 0.29) is 23.6 Å². The summed E-state index contributed by atoms with van der Waals surface area (Å²) in [4.78, 5) is 23.5. The lowest BCUT2D eigenvalue weighted by Gasteiger charge is -2.19. The Hall–Kier alpha value is -3.10. The second-order valence-electron chi connectivity index (χ2n) is 6.58. The maximum Gasteiger partial charge on any atom is 0.407 e. The zero-order valence-corrected chi connectivity index (χ0v) is 16.6. The first kappa shape index (κ1) is 22.9. The van der Waals surface area contributed by atoms with Gasteiger partial charge in [0.05, 0.1) is 4.90 Å². The van der Waals surface area contributed by atoms with Crippen molar-refractivity contribution in [2.24, 2.45) is 5.14 Å². The molecule has 0 unspecified atom stereocenters. The molecule has 0 saturated carbocycles. The van der Waals surface area contributed by atoms with Crippen LogP contribution < -0.4 is 21.1 Å². The van der Waals surface area contributed by atoms with Gasteiger partial charge in [-0.1, -0.05) is 0 Å². The minimum Gasteiger partial charge on any atom is -0.444 e. The number of hydrogen-bond acceptors (Lipinski definition) is 7. The molecule has 152 valence electrons. The van der Waals surface area contributed by atoms with Crippen LogP contribution in [0.2, 0.25) is 0 Å². The predicted octanol–water partition coefficient (Wildman–Crippen LogP) is 0.794. The van der Waals surface area contributed by atoms with Crippen LogP contribution in [0.4, 0.5) is 10.5 Å². The molecule has 0 aliphatic rings. The van der Waals surface area contributed by atoms with Crippen molar-refractivity contribution >= 4 is 27.7 Å². The molecule has 0 radical (unpaired) electrons. The Balaban J connectivity index is 2.52. The number of sulfonamides is 1. The number of amides is 2. The fourth-order valence-electron chi connectivity index (χ4n) is 1.80. The van der Waals surface area contributed by atoms with Crippen molar-refractivity contribution < 1.29 is 22.7 Å². The normalized spacial score (nSPS) is 11.9. The van der Waals surface area contributed by atoms with Gasteiger partial charge in [0.15, 0.2) is 0 Å². The molecule has 1 aromatic carbocycles. The maximum atomic E-state index is 12.1. The second kappa shape index (κ2) is 9.72. The fourth-order valence-corrected chi connectivity index (χ4v) is 2.32. The second-order valence-corrected chi connectivity index (χ2v) is 8.14. The Bertz CT molecular complexity index is 880. The Morgan fingerprint density at radius 3 is 2.32 bits per heavy atom. The highest BCUT2D eigenvalue weighted by Crippen LogP contribution is 2.13. The van der Waals surface area contributed by atoms with Gasteiger partial charge in [0.1, 0.15) is 17.2 Å². The number of ether oxygens (including phenoxy) is 1. The average molecular weight is 409 g/mol. The minimum atomic E-state index is -3.83. The zero-order valence-electron chi connectivity index (χ0n) is 15.8. The number of hydrogen-bond donors (Lipinski definition) is 4. The highest BCUT2D eigenvalue weighted by atomic mass is 32.2. The maximum absolute atomic E-state index is 12.1. The third-order valence-corrected chi connectivity index (χ3v) is 3.92. The number of carbonyl (C=O) groups excluding carboxylic acids is 2. The molecule has 0 bridgehead atoms. The summed E-state index contributed by atoms with van der Waals surface area (Å²) in [6.45, 7) is 5.72. The minimum absolute atomic E-state index is 0.0966. The molecule has 10 nitrogen and oxygen atoms in total. The van der Waals surface area contributed by atoms with Crippen molar-refractivity contribution in [3.8, 4) is 6.07 Å². The number of benzene rings is 1. The quantitative estimate of drug-likeness (QED) is 0.294. The summed E-state index contributed by atoms with van der Waals surface area (Å²) in [5, 5.41) is 21.8. The van der Waals surface area contributed by atoms with Gasteiger partial charge in [-0.2, -0.15) is 5.26 Å². The van der Waals surface area contributed by atoms with Gasteiger partial charge >= 0.3 is 6.09 Å². The van der Waals surface area contributed by atoms with E-state index < -0.39 is 27.6 Å². The van der Waals surface area contributed by atoms with Gasteiger partial charge in [-0.15, -0.1) is 0 Å². The van der Waals surface area contributed by atoms with Crippen LogP contribution in [0.3, 0.4) is 0 Å². The van der Waals surface area contributed by atoms with Crippen molar-refractivity contribution in [1.29, 1.82) is 5.26 Å². The molecule has 11 heteroatoms. The van der Waals surface area contributed by atoms with E-state index in [1.54, 1.807) is 26.8 Å². The van der Waals surface area contributed by atoms with Crippen molar-refractivity contribution in [3.63, 3.8) is 0 Å². The van der Waals surface area contributed by atoms with Gasteiger partial charge in [0.25, 0.3) is 5.91 Å². The zero-order chi connectivity index (χ0) is 21.4. The molecule has 0 aliphatic heterocycles. The molecule has 0 atom stereocenters. The first-order valence-corrected chi connectivity index (χ1v) is 9.72. The number of nitrogens with one attached hydrogen (secondary N) is 3. The van der Waals surface area contributed by atoms with Crippen LogP contribution in [0, 0.1) is 11.3 Å². The van der Waals surface area contributed by atoms with Crippen molar-refractivity contribution in [2.75, 3.05) is 18.4 Å². The van der Waals surface area contributed by atoms with Gasteiger partial charge in [-0.3, -0.25) is 4.79 Å². The highest BCUT2D eigenvalue weighted by Gasteiger charge is 2.15. The van der Waals surface area contributed by atoms with E-state index >= 15 is 0 Å². The van der Waals surface area contributed by atoms with E-state index in [1.807, 2.05) is 0 Å². The number of nitrogens with zero attached hydrogens (tertiary/aromatic N) is 1. The summed E-state index contributed by atoms with van der Waals surface area (Å²) in [7, 11) is -3.83. The fraction of sp³-hybridized carbons (Fsp3) is 0.353. The third kappa shape index (κ3) is 8.52. The summed E-state index contributed by atoms with van der Waals surface area (Å²) in [5.41, 5.74) is -0.506. The molecule has 0 fully saturated rings. The van der Waals surface area contributed by atoms with Crippen LogP contribution in [0.15, 0.2) is 40.9 Å². The molecular weight excluding hydrogens is 386 g/mol. The van der Waals surface area contributed by atoms with Crippen LogP contribution in [0.5, 0.6) is 0 Å². The largest absolute Gasteiger partial charge is 0.444 e. The molecule has 0 aromatic heterocycles. The molecule has 28 heavy (non-hydrogen) atoms. The van der Waals surface area contributed by atoms with E-state index in [4.69, 9.17) is 15.1 Å². The number of anilines is 1. The van der Waals surface area contributed by atoms with Gasteiger partial charge in [-0.05, 0) is 45.0 Å². The Morgan fingerprint density at radius 1 is 1.21 bits per heavy atom. The molecule has 0 aliphatic carbocycles. The van der Waals surface area contributed by atoms with Crippen LogP contribution in [0.1, 0.15) is 20.8 Å². The molecule has 0 saturated heterocycles. The number of nitriles is 1. The average Bonchev–Trinajstić information content (AvgIpc) is 2.56. The van der Waals surface area contributed by atoms with E-state index in [9.17, 15) is 18.0 Å². The molecule has 5 N–H and O–H groups in total.